The predicted molar refractivity (Wildman–Crippen MR) is 145 cm³/mol. The van der Waals surface area contributed by atoms with Crippen LogP contribution in [0.3, 0.4) is 0 Å². The van der Waals surface area contributed by atoms with Gasteiger partial charge in [-0.3, -0.25) is 14.4 Å². The first-order chi connectivity index (χ1) is 18.4. The zero-order valence-electron chi connectivity index (χ0n) is 20.7. The number of nitrogens with zero attached hydrogens (tertiary/aromatic N) is 2. The van der Waals surface area contributed by atoms with Crippen LogP contribution in [0.1, 0.15) is 48.8 Å². The minimum atomic E-state index is -0.610. The molecule has 6 nitrogen and oxygen atoms in total. The fraction of sp³-hybridized carbons (Fsp3) is 0.0625. The van der Waals surface area contributed by atoms with E-state index in [9.17, 15) is 19.5 Å². The molecule has 0 atom stereocenters. The Morgan fingerprint density at radius 1 is 0.763 bits per heavy atom. The number of Topliss-reactive ketones (excluding diaryl/α,β-unsaturated/α-hetero) is 2. The Hall–Kier alpha value is -5.10. The van der Waals surface area contributed by atoms with E-state index >= 15 is 0 Å². The number of hydrogen-bond acceptors (Lipinski definition) is 5. The van der Waals surface area contributed by atoms with Crippen LogP contribution in [-0.4, -0.2) is 32.2 Å². The van der Waals surface area contributed by atoms with Crippen LogP contribution in [-0.2, 0) is 0 Å². The molecule has 1 aromatic heterocycles. The van der Waals surface area contributed by atoms with Gasteiger partial charge in [-0.1, -0.05) is 84.9 Å². The highest BCUT2D eigenvalue weighted by molar-refractivity contribution is 6.21. The molecule has 0 aliphatic heterocycles. The van der Waals surface area contributed by atoms with Crippen molar-refractivity contribution in [3.63, 3.8) is 0 Å². The lowest BCUT2D eigenvalue weighted by Crippen LogP contribution is -2.14. The molecule has 0 spiro atoms. The molecular weight excluding hydrogens is 476 g/mol. The standard InChI is InChI=1S/C32H24N2O4/c1-21-17-18-25(26(35)19-21)27(36)20-28(37)30-29(32(38)23-13-7-3-8-14-23)31(22-11-5-2-6-12-22)34(33-30)24-15-9-4-10-16-24/h2-19,35H,20H2,1H3. The van der Waals surface area contributed by atoms with Crippen molar-refractivity contribution in [3.8, 4) is 22.7 Å². The number of benzene rings is 4. The van der Waals surface area contributed by atoms with Gasteiger partial charge in [0.2, 0.25) is 0 Å². The number of aromatic nitrogens is 2. The number of phenols is 1. The van der Waals surface area contributed by atoms with Crippen LogP contribution in [0.4, 0.5) is 0 Å². The number of hydrogen-bond donors (Lipinski definition) is 1. The van der Waals surface area contributed by atoms with Gasteiger partial charge in [-0.15, -0.1) is 0 Å². The Balaban J connectivity index is 1.69. The third-order valence-corrected chi connectivity index (χ3v) is 6.24. The topological polar surface area (TPSA) is 89.3 Å². The first kappa shape index (κ1) is 24.6. The Morgan fingerprint density at radius 2 is 1.37 bits per heavy atom. The third kappa shape index (κ3) is 4.80. The lowest BCUT2D eigenvalue weighted by Gasteiger charge is -2.10. The molecule has 5 rings (SSSR count). The summed E-state index contributed by atoms with van der Waals surface area (Å²) in [5, 5.41) is 14.9. The van der Waals surface area contributed by atoms with Crippen molar-refractivity contribution < 1.29 is 19.5 Å². The summed E-state index contributed by atoms with van der Waals surface area (Å²) in [6.45, 7) is 1.79. The van der Waals surface area contributed by atoms with Crippen LogP contribution in [0.15, 0.2) is 109 Å². The molecule has 0 aliphatic rings. The normalized spacial score (nSPS) is 10.8. The average Bonchev–Trinajstić information content (AvgIpc) is 3.35. The molecule has 186 valence electrons. The summed E-state index contributed by atoms with van der Waals surface area (Å²) in [6.07, 6.45) is -0.550. The quantitative estimate of drug-likeness (QED) is 0.201. The number of aromatic hydroxyl groups is 1. The zero-order chi connectivity index (χ0) is 26.6. The van der Waals surface area contributed by atoms with Crippen molar-refractivity contribution in [1.82, 2.24) is 9.78 Å². The number of carbonyl (C=O) groups excluding carboxylic acids is 3. The second-order valence-electron chi connectivity index (χ2n) is 8.92. The minimum absolute atomic E-state index is 0.0469. The lowest BCUT2D eigenvalue weighted by molar-refractivity contribution is 0.0884. The molecule has 0 saturated heterocycles. The monoisotopic (exact) mass is 500 g/mol. The third-order valence-electron chi connectivity index (χ3n) is 6.24. The van der Waals surface area contributed by atoms with Crippen molar-refractivity contribution in [1.29, 1.82) is 0 Å². The van der Waals surface area contributed by atoms with Gasteiger partial charge in [0.15, 0.2) is 17.3 Å². The number of rotatable bonds is 8. The molecule has 1 heterocycles. The van der Waals surface area contributed by atoms with Gasteiger partial charge in [0, 0.05) is 11.1 Å². The van der Waals surface area contributed by atoms with Gasteiger partial charge < -0.3 is 5.11 Å². The Kier molecular flexibility index (Phi) is 6.78. The van der Waals surface area contributed by atoms with Crippen molar-refractivity contribution >= 4 is 17.3 Å². The maximum absolute atomic E-state index is 13.9. The summed E-state index contributed by atoms with van der Waals surface area (Å²) >= 11 is 0. The molecule has 1 N–H and O–H groups in total. The summed E-state index contributed by atoms with van der Waals surface area (Å²) in [7, 11) is 0. The molecule has 0 bridgehead atoms. The van der Waals surface area contributed by atoms with E-state index in [2.05, 4.69) is 5.10 Å². The molecule has 6 heteroatoms. The SMILES string of the molecule is Cc1ccc(C(=O)CC(=O)c2nn(-c3ccccc3)c(-c3ccccc3)c2C(=O)c2ccccc2)c(O)c1. The first-order valence-corrected chi connectivity index (χ1v) is 12.1. The number of ketones is 3. The van der Waals surface area contributed by atoms with Crippen LogP contribution in [0, 0.1) is 6.92 Å². The van der Waals surface area contributed by atoms with E-state index in [1.807, 2.05) is 60.7 Å². The highest BCUT2D eigenvalue weighted by Crippen LogP contribution is 2.32. The molecule has 38 heavy (non-hydrogen) atoms. The summed E-state index contributed by atoms with van der Waals surface area (Å²) in [4.78, 5) is 40.6. The highest BCUT2D eigenvalue weighted by atomic mass is 16.3. The average molecular weight is 501 g/mol. The van der Waals surface area contributed by atoms with E-state index in [1.165, 1.54) is 12.1 Å². The van der Waals surface area contributed by atoms with Gasteiger partial charge >= 0.3 is 0 Å². The molecule has 0 saturated carbocycles. The number of para-hydroxylation sites is 1. The second kappa shape index (κ2) is 10.5. The van der Waals surface area contributed by atoms with Crippen molar-refractivity contribution in [2.45, 2.75) is 13.3 Å². The number of aryl methyl sites for hydroxylation is 1. The maximum Gasteiger partial charge on any atom is 0.197 e. The fourth-order valence-electron chi connectivity index (χ4n) is 4.38. The van der Waals surface area contributed by atoms with E-state index in [0.29, 0.717) is 22.5 Å². The molecule has 0 fully saturated rings. The minimum Gasteiger partial charge on any atom is -0.507 e. The van der Waals surface area contributed by atoms with Gasteiger partial charge in [0.25, 0.3) is 0 Å². The Labute approximate surface area is 219 Å². The Morgan fingerprint density at radius 3 is 2.00 bits per heavy atom. The first-order valence-electron chi connectivity index (χ1n) is 12.1. The second-order valence-corrected chi connectivity index (χ2v) is 8.92. The molecule has 0 unspecified atom stereocenters. The fourth-order valence-corrected chi connectivity index (χ4v) is 4.38. The Bertz CT molecular complexity index is 1640. The molecule has 0 amide bonds. The molecule has 0 aliphatic carbocycles. The molecular formula is C32H24N2O4. The van der Waals surface area contributed by atoms with Crippen LogP contribution in [0.25, 0.3) is 16.9 Å². The number of carbonyl (C=O) groups is 3. The predicted octanol–water partition coefficient (Wildman–Crippen LogP) is 6.24. The summed E-state index contributed by atoms with van der Waals surface area (Å²) < 4.78 is 1.58. The van der Waals surface area contributed by atoms with E-state index in [4.69, 9.17) is 0 Å². The van der Waals surface area contributed by atoms with Crippen molar-refractivity contribution in [2.24, 2.45) is 0 Å². The van der Waals surface area contributed by atoms with Gasteiger partial charge in [-0.05, 0) is 36.8 Å². The maximum atomic E-state index is 13.9. The largest absolute Gasteiger partial charge is 0.507 e. The van der Waals surface area contributed by atoms with Crippen LogP contribution in [0.5, 0.6) is 5.75 Å². The lowest BCUT2D eigenvalue weighted by atomic mass is 9.94. The van der Waals surface area contributed by atoms with Crippen LogP contribution < -0.4 is 0 Å². The number of phenolic OH excluding ortho intramolecular Hbond substituents is 1. The van der Waals surface area contributed by atoms with E-state index < -0.39 is 18.0 Å². The summed E-state index contributed by atoms with van der Waals surface area (Å²) in [5.74, 6) is -1.73. The molecule has 4 aromatic carbocycles. The molecule has 0 radical (unpaired) electrons. The summed E-state index contributed by atoms with van der Waals surface area (Å²) in [5.41, 5.74) is 3.08. The van der Waals surface area contributed by atoms with Gasteiger partial charge in [0.1, 0.15) is 11.4 Å². The summed E-state index contributed by atoms with van der Waals surface area (Å²) in [6, 6.07) is 31.8. The van der Waals surface area contributed by atoms with Gasteiger partial charge in [-0.2, -0.15) is 5.10 Å². The zero-order valence-corrected chi connectivity index (χ0v) is 20.7. The van der Waals surface area contributed by atoms with E-state index in [-0.39, 0.29) is 28.4 Å². The van der Waals surface area contributed by atoms with Crippen LogP contribution in [0.2, 0.25) is 0 Å². The van der Waals surface area contributed by atoms with E-state index in [0.717, 1.165) is 5.56 Å². The van der Waals surface area contributed by atoms with E-state index in [1.54, 1.807) is 48.0 Å². The van der Waals surface area contributed by atoms with Gasteiger partial charge in [0.05, 0.1) is 28.9 Å². The van der Waals surface area contributed by atoms with Crippen molar-refractivity contribution in [3.05, 3.63) is 137 Å². The molecule has 5 aromatic rings. The smallest absolute Gasteiger partial charge is 0.197 e. The van der Waals surface area contributed by atoms with Crippen LogP contribution >= 0.6 is 0 Å². The van der Waals surface area contributed by atoms with Crippen molar-refractivity contribution in [2.75, 3.05) is 0 Å². The highest BCUT2D eigenvalue weighted by Gasteiger charge is 2.31. The van der Waals surface area contributed by atoms with Gasteiger partial charge in [-0.25, -0.2) is 4.68 Å².